The highest BCUT2D eigenvalue weighted by Crippen LogP contribution is 2.32. The van der Waals surface area contributed by atoms with Gasteiger partial charge in [-0.15, -0.1) is 0 Å². The molecule has 2 aromatic rings. The number of carbonyl (C=O) groups excluding carboxylic acids is 1. The lowest BCUT2D eigenvalue weighted by Crippen LogP contribution is -2.14. The SMILES string of the molecule is Cn1c(C(N)=O)cc2cc(C(F)(F)F)ccc21. The van der Waals surface area contributed by atoms with Gasteiger partial charge in [-0.3, -0.25) is 4.79 Å². The standard InChI is InChI=1S/C11H9F3N2O/c1-16-8-3-2-7(11(12,13)14)4-6(8)5-9(16)10(15)17/h2-5H,1H3,(H2,15,17). The Bertz CT molecular complexity index is 599. The number of benzene rings is 1. The molecule has 1 heterocycles. The third-order valence-electron chi connectivity index (χ3n) is 2.62. The Morgan fingerprint density at radius 1 is 1.29 bits per heavy atom. The van der Waals surface area contributed by atoms with Crippen molar-refractivity contribution in [3.8, 4) is 0 Å². The summed E-state index contributed by atoms with van der Waals surface area (Å²) < 4.78 is 38.9. The molecule has 3 nitrogen and oxygen atoms in total. The fourth-order valence-corrected chi connectivity index (χ4v) is 1.76. The van der Waals surface area contributed by atoms with E-state index in [9.17, 15) is 18.0 Å². The molecule has 0 saturated heterocycles. The molecule has 0 spiro atoms. The molecule has 0 unspecified atom stereocenters. The normalized spacial score (nSPS) is 12.0. The number of nitrogens with zero attached hydrogens (tertiary/aromatic N) is 1. The Hall–Kier alpha value is -1.98. The van der Waals surface area contributed by atoms with Crippen LogP contribution in [0.25, 0.3) is 10.9 Å². The molecule has 1 amide bonds. The predicted molar refractivity (Wildman–Crippen MR) is 56.4 cm³/mol. The third kappa shape index (κ3) is 1.86. The number of hydrogen-bond donors (Lipinski definition) is 1. The van der Waals surface area contributed by atoms with Gasteiger partial charge in [-0.05, 0) is 24.3 Å². The molecular formula is C11H9F3N2O. The van der Waals surface area contributed by atoms with Crippen molar-refractivity contribution >= 4 is 16.8 Å². The highest BCUT2D eigenvalue weighted by Gasteiger charge is 2.30. The van der Waals surface area contributed by atoms with Crippen molar-refractivity contribution in [2.24, 2.45) is 12.8 Å². The van der Waals surface area contributed by atoms with Crippen LogP contribution in [-0.2, 0) is 13.2 Å². The number of amides is 1. The van der Waals surface area contributed by atoms with E-state index in [1.807, 2.05) is 0 Å². The van der Waals surface area contributed by atoms with E-state index >= 15 is 0 Å². The maximum atomic E-state index is 12.5. The molecule has 90 valence electrons. The second-order valence-electron chi connectivity index (χ2n) is 3.72. The van der Waals surface area contributed by atoms with Crippen molar-refractivity contribution in [2.45, 2.75) is 6.18 Å². The van der Waals surface area contributed by atoms with Crippen LogP contribution >= 0.6 is 0 Å². The van der Waals surface area contributed by atoms with E-state index in [2.05, 4.69) is 0 Å². The summed E-state index contributed by atoms with van der Waals surface area (Å²) >= 11 is 0. The van der Waals surface area contributed by atoms with E-state index in [0.717, 1.165) is 12.1 Å². The minimum Gasteiger partial charge on any atom is -0.364 e. The monoisotopic (exact) mass is 242 g/mol. The Kier molecular flexibility index (Phi) is 2.38. The molecule has 0 atom stereocenters. The number of carbonyl (C=O) groups is 1. The Morgan fingerprint density at radius 3 is 2.47 bits per heavy atom. The van der Waals surface area contributed by atoms with Gasteiger partial charge in [0.2, 0.25) is 0 Å². The molecule has 0 fully saturated rings. The van der Waals surface area contributed by atoms with Gasteiger partial charge in [0.25, 0.3) is 5.91 Å². The zero-order valence-electron chi connectivity index (χ0n) is 8.88. The highest BCUT2D eigenvalue weighted by molar-refractivity contribution is 5.97. The van der Waals surface area contributed by atoms with Gasteiger partial charge in [0, 0.05) is 18.0 Å². The van der Waals surface area contributed by atoms with E-state index in [1.165, 1.54) is 16.7 Å². The summed E-state index contributed by atoms with van der Waals surface area (Å²) in [5.74, 6) is -0.669. The smallest absolute Gasteiger partial charge is 0.364 e. The number of nitrogens with two attached hydrogens (primary N) is 1. The van der Waals surface area contributed by atoms with Crippen molar-refractivity contribution in [3.63, 3.8) is 0 Å². The summed E-state index contributed by atoms with van der Waals surface area (Å²) in [6, 6.07) is 4.66. The number of aryl methyl sites for hydroxylation is 1. The molecule has 0 aliphatic heterocycles. The van der Waals surface area contributed by atoms with Gasteiger partial charge in [0.15, 0.2) is 0 Å². The lowest BCUT2D eigenvalue weighted by Gasteiger charge is -2.06. The summed E-state index contributed by atoms with van der Waals surface area (Å²) in [5, 5.41) is 0.344. The third-order valence-corrected chi connectivity index (χ3v) is 2.62. The zero-order chi connectivity index (χ0) is 12.8. The molecule has 0 radical (unpaired) electrons. The molecular weight excluding hydrogens is 233 g/mol. The van der Waals surface area contributed by atoms with Crippen LogP contribution in [0.15, 0.2) is 24.3 Å². The first-order valence-corrected chi connectivity index (χ1v) is 4.77. The van der Waals surface area contributed by atoms with Crippen LogP contribution < -0.4 is 5.73 Å². The van der Waals surface area contributed by atoms with E-state index in [-0.39, 0.29) is 5.69 Å². The van der Waals surface area contributed by atoms with Gasteiger partial charge < -0.3 is 10.3 Å². The number of rotatable bonds is 1. The number of fused-ring (bicyclic) bond motifs is 1. The first-order valence-electron chi connectivity index (χ1n) is 4.77. The van der Waals surface area contributed by atoms with Crippen LogP contribution in [0.3, 0.4) is 0 Å². The fraction of sp³-hybridized carbons (Fsp3) is 0.182. The van der Waals surface area contributed by atoms with Crippen LogP contribution in [-0.4, -0.2) is 10.5 Å². The van der Waals surface area contributed by atoms with Gasteiger partial charge >= 0.3 is 6.18 Å². The molecule has 0 aliphatic carbocycles. The number of hydrogen-bond acceptors (Lipinski definition) is 1. The van der Waals surface area contributed by atoms with Crippen molar-refractivity contribution in [3.05, 3.63) is 35.5 Å². The maximum Gasteiger partial charge on any atom is 0.416 e. The van der Waals surface area contributed by atoms with Crippen LogP contribution in [0.2, 0.25) is 0 Å². The van der Waals surface area contributed by atoms with Crippen molar-refractivity contribution < 1.29 is 18.0 Å². The quantitative estimate of drug-likeness (QED) is 0.819. The largest absolute Gasteiger partial charge is 0.416 e. The number of halogens is 3. The van der Waals surface area contributed by atoms with Crippen LogP contribution in [0.4, 0.5) is 13.2 Å². The average Bonchev–Trinajstić information content (AvgIpc) is 2.54. The molecule has 1 aromatic carbocycles. The first kappa shape index (κ1) is 11.5. The summed E-state index contributed by atoms with van der Waals surface area (Å²) in [6.45, 7) is 0. The van der Waals surface area contributed by atoms with Crippen LogP contribution in [0.5, 0.6) is 0 Å². The lowest BCUT2D eigenvalue weighted by molar-refractivity contribution is -0.137. The minimum absolute atomic E-state index is 0.180. The molecule has 1 aromatic heterocycles. The van der Waals surface area contributed by atoms with Crippen molar-refractivity contribution in [1.82, 2.24) is 4.57 Å². The summed E-state index contributed by atoms with van der Waals surface area (Å²) in [6.07, 6.45) is -4.39. The van der Waals surface area contributed by atoms with E-state index in [0.29, 0.717) is 10.9 Å². The van der Waals surface area contributed by atoms with E-state index < -0.39 is 17.6 Å². The molecule has 0 aliphatic rings. The Labute approximate surface area is 94.6 Å². The second kappa shape index (κ2) is 3.51. The van der Waals surface area contributed by atoms with Crippen LogP contribution in [0.1, 0.15) is 16.1 Å². The number of primary amides is 1. The van der Waals surface area contributed by atoms with Gasteiger partial charge in [0.1, 0.15) is 5.69 Å². The van der Waals surface area contributed by atoms with Gasteiger partial charge in [0.05, 0.1) is 5.56 Å². The Balaban J connectivity index is 2.68. The van der Waals surface area contributed by atoms with Crippen LogP contribution in [0, 0.1) is 0 Å². The second-order valence-corrected chi connectivity index (χ2v) is 3.72. The zero-order valence-corrected chi connectivity index (χ0v) is 8.88. The predicted octanol–water partition coefficient (Wildman–Crippen LogP) is 2.30. The molecule has 0 saturated carbocycles. The van der Waals surface area contributed by atoms with Gasteiger partial charge in [-0.2, -0.15) is 13.2 Å². The van der Waals surface area contributed by atoms with E-state index in [4.69, 9.17) is 5.73 Å². The summed E-state index contributed by atoms with van der Waals surface area (Å²) in [4.78, 5) is 11.1. The fourth-order valence-electron chi connectivity index (χ4n) is 1.76. The van der Waals surface area contributed by atoms with Crippen molar-refractivity contribution in [1.29, 1.82) is 0 Å². The molecule has 2 N–H and O–H groups in total. The summed E-state index contributed by atoms with van der Waals surface area (Å²) in [7, 11) is 1.58. The van der Waals surface area contributed by atoms with E-state index in [1.54, 1.807) is 7.05 Å². The summed E-state index contributed by atoms with van der Waals surface area (Å²) in [5.41, 5.74) is 5.09. The molecule has 6 heteroatoms. The number of alkyl halides is 3. The molecule has 0 bridgehead atoms. The highest BCUT2D eigenvalue weighted by atomic mass is 19.4. The van der Waals surface area contributed by atoms with Gasteiger partial charge in [-0.25, -0.2) is 0 Å². The topological polar surface area (TPSA) is 48.0 Å². The number of aromatic nitrogens is 1. The average molecular weight is 242 g/mol. The Morgan fingerprint density at radius 2 is 1.94 bits per heavy atom. The molecule has 2 rings (SSSR count). The lowest BCUT2D eigenvalue weighted by atomic mass is 10.1. The maximum absolute atomic E-state index is 12.5. The first-order chi connectivity index (χ1) is 7.80. The van der Waals surface area contributed by atoms with Gasteiger partial charge in [-0.1, -0.05) is 0 Å². The molecule has 17 heavy (non-hydrogen) atoms. The van der Waals surface area contributed by atoms with Crippen molar-refractivity contribution in [2.75, 3.05) is 0 Å². The minimum atomic E-state index is -4.39.